The van der Waals surface area contributed by atoms with Crippen LogP contribution in [0.25, 0.3) is 0 Å². The zero-order chi connectivity index (χ0) is 14.8. The lowest BCUT2D eigenvalue weighted by atomic mass is 9.80. The van der Waals surface area contributed by atoms with Crippen molar-refractivity contribution < 1.29 is 22.7 Å². The highest BCUT2D eigenvalue weighted by molar-refractivity contribution is 5.78. The fraction of sp³-hybridized carbons (Fsp3) is 0.929. The topological polar surface area (TPSA) is 29.5 Å². The van der Waals surface area contributed by atoms with Crippen LogP contribution >= 0.6 is 0 Å². The van der Waals surface area contributed by atoms with Crippen molar-refractivity contribution in [2.45, 2.75) is 50.8 Å². The van der Waals surface area contributed by atoms with E-state index in [0.717, 1.165) is 12.8 Å². The molecule has 1 saturated heterocycles. The molecule has 0 aromatic rings. The van der Waals surface area contributed by atoms with Crippen molar-refractivity contribution >= 4 is 5.91 Å². The number of carbonyl (C=O) groups is 1. The minimum atomic E-state index is -4.17. The van der Waals surface area contributed by atoms with E-state index in [1.54, 1.807) is 11.9 Å². The van der Waals surface area contributed by atoms with Gasteiger partial charge in [0.1, 0.15) is 0 Å². The van der Waals surface area contributed by atoms with Crippen molar-refractivity contribution in [3.8, 4) is 0 Å². The van der Waals surface area contributed by atoms with Crippen molar-refractivity contribution in [2.75, 3.05) is 20.2 Å². The molecule has 0 radical (unpaired) electrons. The van der Waals surface area contributed by atoms with Crippen LogP contribution < -0.4 is 0 Å². The van der Waals surface area contributed by atoms with Crippen LogP contribution in [-0.4, -0.2) is 43.3 Å². The fourth-order valence-corrected chi connectivity index (χ4v) is 3.21. The molecule has 0 aromatic heterocycles. The average Bonchev–Trinajstić information content (AvgIpc) is 2.90. The van der Waals surface area contributed by atoms with Crippen LogP contribution in [-0.2, 0) is 9.53 Å². The Labute approximate surface area is 117 Å². The second-order valence-electron chi connectivity index (χ2n) is 5.96. The Kier molecular flexibility index (Phi) is 4.94. The van der Waals surface area contributed by atoms with E-state index in [9.17, 15) is 18.0 Å². The van der Waals surface area contributed by atoms with E-state index in [2.05, 4.69) is 0 Å². The smallest absolute Gasteiger partial charge is 0.376 e. The number of nitrogens with zero attached hydrogens (tertiary/aromatic N) is 1. The maximum atomic E-state index is 12.8. The van der Waals surface area contributed by atoms with Gasteiger partial charge in [0, 0.05) is 26.1 Å². The van der Waals surface area contributed by atoms with Gasteiger partial charge in [-0.2, -0.15) is 13.2 Å². The number of ether oxygens (including phenoxy) is 1. The number of alkyl halides is 3. The first-order valence-electron chi connectivity index (χ1n) is 7.31. The molecule has 2 aliphatic rings. The fourth-order valence-electron chi connectivity index (χ4n) is 3.21. The van der Waals surface area contributed by atoms with E-state index in [-0.39, 0.29) is 24.9 Å². The Bertz CT molecular complexity index is 340. The molecule has 3 unspecified atom stereocenters. The predicted octanol–water partition coefficient (Wildman–Crippen LogP) is 2.99. The van der Waals surface area contributed by atoms with Gasteiger partial charge >= 0.3 is 6.18 Å². The normalized spacial score (nSPS) is 31.3. The summed E-state index contributed by atoms with van der Waals surface area (Å²) in [6.07, 6.45) is -1.06. The van der Waals surface area contributed by atoms with E-state index in [1.165, 1.54) is 0 Å². The highest BCUT2D eigenvalue weighted by atomic mass is 19.4. The highest BCUT2D eigenvalue weighted by Gasteiger charge is 2.44. The molecule has 0 bridgehead atoms. The second kappa shape index (κ2) is 6.33. The Morgan fingerprint density at radius 3 is 2.60 bits per heavy atom. The van der Waals surface area contributed by atoms with Crippen LogP contribution in [0, 0.1) is 11.8 Å². The first-order valence-corrected chi connectivity index (χ1v) is 7.31. The molecule has 6 heteroatoms. The summed E-state index contributed by atoms with van der Waals surface area (Å²) >= 11 is 0. The second-order valence-corrected chi connectivity index (χ2v) is 5.96. The lowest BCUT2D eigenvalue weighted by Gasteiger charge is -2.32. The predicted molar refractivity (Wildman–Crippen MR) is 68.1 cm³/mol. The molecular weight excluding hydrogens is 271 g/mol. The number of hydrogen-bond acceptors (Lipinski definition) is 2. The number of likely N-dealkylation sites (N-methyl/N-ethyl adjacent to an activating group) is 1. The highest BCUT2D eigenvalue weighted by Crippen LogP contribution is 2.40. The molecule has 2 fully saturated rings. The quantitative estimate of drug-likeness (QED) is 0.800. The van der Waals surface area contributed by atoms with Gasteiger partial charge in [-0.3, -0.25) is 4.79 Å². The van der Waals surface area contributed by atoms with Crippen LogP contribution in [0.4, 0.5) is 13.2 Å². The van der Waals surface area contributed by atoms with Gasteiger partial charge in [-0.1, -0.05) is 6.42 Å². The van der Waals surface area contributed by atoms with Crippen LogP contribution in [0.15, 0.2) is 0 Å². The summed E-state index contributed by atoms with van der Waals surface area (Å²) in [7, 11) is 1.67. The molecule has 116 valence electrons. The zero-order valence-corrected chi connectivity index (χ0v) is 11.8. The summed E-state index contributed by atoms with van der Waals surface area (Å²) in [5.74, 6) is -1.96. The third-order valence-electron chi connectivity index (χ3n) is 4.36. The molecule has 0 spiro atoms. The minimum Gasteiger partial charge on any atom is -0.376 e. The van der Waals surface area contributed by atoms with Crippen molar-refractivity contribution in [3.63, 3.8) is 0 Å². The molecular formula is C14H22F3NO2. The Balaban J connectivity index is 1.87. The maximum Gasteiger partial charge on any atom is 0.391 e. The SMILES string of the molecule is CN(CC1CCCO1)C(=O)C1CCCC(C(F)(F)F)C1. The van der Waals surface area contributed by atoms with Gasteiger partial charge < -0.3 is 9.64 Å². The molecule has 3 nitrogen and oxygen atoms in total. The van der Waals surface area contributed by atoms with Crippen LogP contribution in [0.3, 0.4) is 0 Å². The van der Waals surface area contributed by atoms with E-state index in [4.69, 9.17) is 4.74 Å². The van der Waals surface area contributed by atoms with Crippen LogP contribution in [0.2, 0.25) is 0 Å². The van der Waals surface area contributed by atoms with Crippen molar-refractivity contribution in [1.29, 1.82) is 0 Å². The average molecular weight is 293 g/mol. The van der Waals surface area contributed by atoms with Gasteiger partial charge in [0.05, 0.1) is 12.0 Å². The number of amides is 1. The summed E-state index contributed by atoms with van der Waals surface area (Å²) in [6.45, 7) is 1.21. The molecule has 3 atom stereocenters. The molecule has 20 heavy (non-hydrogen) atoms. The maximum absolute atomic E-state index is 12.8. The van der Waals surface area contributed by atoms with E-state index < -0.39 is 18.0 Å². The molecule has 1 amide bonds. The van der Waals surface area contributed by atoms with Gasteiger partial charge in [-0.05, 0) is 32.1 Å². The Morgan fingerprint density at radius 2 is 2.00 bits per heavy atom. The van der Waals surface area contributed by atoms with Gasteiger partial charge in [-0.15, -0.1) is 0 Å². The molecule has 1 aliphatic heterocycles. The Morgan fingerprint density at radius 1 is 1.25 bits per heavy atom. The molecule has 1 aliphatic carbocycles. The van der Waals surface area contributed by atoms with Crippen molar-refractivity contribution in [2.24, 2.45) is 11.8 Å². The van der Waals surface area contributed by atoms with Gasteiger partial charge in [-0.25, -0.2) is 0 Å². The third-order valence-corrected chi connectivity index (χ3v) is 4.36. The first-order chi connectivity index (χ1) is 9.38. The molecule has 0 N–H and O–H groups in total. The number of carbonyl (C=O) groups excluding carboxylic acids is 1. The zero-order valence-electron chi connectivity index (χ0n) is 11.8. The monoisotopic (exact) mass is 293 g/mol. The largest absolute Gasteiger partial charge is 0.391 e. The van der Waals surface area contributed by atoms with Gasteiger partial charge in [0.2, 0.25) is 5.91 Å². The molecule has 1 saturated carbocycles. The lowest BCUT2D eigenvalue weighted by molar-refractivity contribution is -0.187. The van der Waals surface area contributed by atoms with Crippen LogP contribution in [0.5, 0.6) is 0 Å². The standard InChI is InChI=1S/C14H22F3NO2/c1-18(9-12-6-3-7-20-12)13(19)10-4-2-5-11(8-10)14(15,16)17/h10-12H,2-9H2,1H3. The summed E-state index contributed by atoms with van der Waals surface area (Å²) in [5, 5.41) is 0. The number of rotatable bonds is 3. The summed E-state index contributed by atoms with van der Waals surface area (Å²) in [4.78, 5) is 13.8. The third kappa shape index (κ3) is 3.87. The van der Waals surface area contributed by atoms with Crippen LogP contribution in [0.1, 0.15) is 38.5 Å². The van der Waals surface area contributed by atoms with Gasteiger partial charge in [0.15, 0.2) is 0 Å². The van der Waals surface area contributed by atoms with Crippen molar-refractivity contribution in [3.05, 3.63) is 0 Å². The molecule has 0 aromatic carbocycles. The van der Waals surface area contributed by atoms with Crippen molar-refractivity contribution in [1.82, 2.24) is 4.90 Å². The minimum absolute atomic E-state index is 0.0472. The summed E-state index contributed by atoms with van der Waals surface area (Å²) in [6, 6.07) is 0. The van der Waals surface area contributed by atoms with Gasteiger partial charge in [0.25, 0.3) is 0 Å². The number of hydrogen-bond donors (Lipinski definition) is 0. The Hall–Kier alpha value is -0.780. The summed E-state index contributed by atoms with van der Waals surface area (Å²) < 4.78 is 43.7. The lowest BCUT2D eigenvalue weighted by Crippen LogP contribution is -2.41. The molecule has 2 rings (SSSR count). The van der Waals surface area contributed by atoms with E-state index >= 15 is 0 Å². The first kappa shape index (κ1) is 15.6. The number of halogens is 3. The molecule has 1 heterocycles. The summed E-state index contributed by atoms with van der Waals surface area (Å²) in [5.41, 5.74) is 0. The van der Waals surface area contributed by atoms with E-state index in [1.807, 2.05) is 0 Å². The van der Waals surface area contributed by atoms with E-state index in [0.29, 0.717) is 26.0 Å².